The monoisotopic (exact) mass is 173 g/mol. The first-order chi connectivity index (χ1) is 5.24. The molecule has 0 aromatic heterocycles. The van der Waals surface area contributed by atoms with Crippen molar-refractivity contribution in [1.29, 1.82) is 0 Å². The quantitative estimate of drug-likeness (QED) is 0.565. The highest BCUT2D eigenvalue weighted by molar-refractivity contribution is 7.80. The third kappa shape index (κ3) is 3.50. The van der Waals surface area contributed by atoms with E-state index in [4.69, 9.17) is 12.6 Å². The Bertz CT molecular complexity index is 76.9. The molecule has 0 amide bonds. The van der Waals surface area contributed by atoms with Crippen molar-refractivity contribution < 1.29 is 0 Å². The largest absolute Gasteiger partial charge is 0.0941 e. The van der Waals surface area contributed by atoms with E-state index in [1.54, 1.807) is 0 Å². The van der Waals surface area contributed by atoms with Gasteiger partial charge < -0.3 is 0 Å². The van der Waals surface area contributed by atoms with Crippen LogP contribution in [0.4, 0.5) is 0 Å². The second-order valence-corrected chi connectivity index (χ2v) is 3.82. The fourth-order valence-electron chi connectivity index (χ4n) is 1.83. The van der Waals surface area contributed by atoms with Gasteiger partial charge in [-0.1, -0.05) is 52.7 Å². The average molecular weight is 173 g/mol. The van der Waals surface area contributed by atoms with Crippen LogP contribution in [0.25, 0.3) is 0 Å². The molecular formula is C10H21S. The van der Waals surface area contributed by atoms with Gasteiger partial charge in [0.15, 0.2) is 0 Å². The second kappa shape index (κ2) is 5.93. The lowest BCUT2D eigenvalue weighted by Crippen LogP contribution is -2.19. The zero-order valence-electron chi connectivity index (χ0n) is 8.15. The van der Waals surface area contributed by atoms with Crippen molar-refractivity contribution in [3.8, 4) is 0 Å². The molecule has 0 nitrogen and oxygen atoms in total. The van der Waals surface area contributed by atoms with Crippen molar-refractivity contribution in [2.75, 3.05) is 5.75 Å². The van der Waals surface area contributed by atoms with Crippen LogP contribution in [0, 0.1) is 5.41 Å². The molecule has 1 radical (unpaired) electrons. The zero-order chi connectivity index (χ0) is 8.74. The van der Waals surface area contributed by atoms with E-state index in [0.29, 0.717) is 5.41 Å². The van der Waals surface area contributed by atoms with Crippen molar-refractivity contribution in [3.05, 3.63) is 0 Å². The summed E-state index contributed by atoms with van der Waals surface area (Å²) in [5.74, 6) is 0.932. The molecule has 0 aliphatic carbocycles. The van der Waals surface area contributed by atoms with E-state index in [1.807, 2.05) is 0 Å². The fourth-order valence-corrected chi connectivity index (χ4v) is 2.26. The van der Waals surface area contributed by atoms with Gasteiger partial charge in [0.05, 0.1) is 0 Å². The van der Waals surface area contributed by atoms with Crippen LogP contribution in [0.15, 0.2) is 0 Å². The molecule has 0 aromatic carbocycles. The lowest BCUT2D eigenvalue weighted by atomic mass is 9.76. The van der Waals surface area contributed by atoms with Gasteiger partial charge in [-0.05, 0) is 18.3 Å². The predicted octanol–water partition coefficient (Wildman–Crippen LogP) is 4.18. The molecule has 67 valence electrons. The summed E-state index contributed by atoms with van der Waals surface area (Å²) >= 11 is 5.05. The molecular weight excluding hydrogens is 152 g/mol. The average Bonchev–Trinajstić information content (AvgIpc) is 2.04. The maximum absolute atomic E-state index is 5.05. The Kier molecular flexibility index (Phi) is 6.12. The Morgan fingerprint density at radius 1 is 1.00 bits per heavy atom. The highest BCUT2D eigenvalue weighted by Crippen LogP contribution is 2.35. The Labute approximate surface area is 77.2 Å². The Morgan fingerprint density at radius 2 is 1.55 bits per heavy atom. The van der Waals surface area contributed by atoms with Gasteiger partial charge in [0, 0.05) is 5.75 Å². The van der Waals surface area contributed by atoms with Crippen LogP contribution < -0.4 is 0 Å². The summed E-state index contributed by atoms with van der Waals surface area (Å²) in [4.78, 5) is 0. The normalized spacial score (nSPS) is 12.0. The van der Waals surface area contributed by atoms with Gasteiger partial charge in [0.1, 0.15) is 0 Å². The lowest BCUT2D eigenvalue weighted by Gasteiger charge is -2.30. The molecule has 0 bridgehead atoms. The third-order valence-electron chi connectivity index (χ3n) is 2.91. The Balaban J connectivity index is 3.96. The van der Waals surface area contributed by atoms with Crippen LogP contribution in [0.1, 0.15) is 52.9 Å². The van der Waals surface area contributed by atoms with Gasteiger partial charge in [-0.15, -0.1) is 0 Å². The standard InChI is InChI=1S/C10H21S/c1-4-7-10(5-2,6-3)8-9-11/h4-9H2,1-3H3. The summed E-state index contributed by atoms with van der Waals surface area (Å²) in [6.45, 7) is 6.86. The molecule has 0 rings (SSSR count). The molecule has 0 spiro atoms. The lowest BCUT2D eigenvalue weighted by molar-refractivity contribution is 0.229. The van der Waals surface area contributed by atoms with Crippen molar-refractivity contribution in [2.45, 2.75) is 52.9 Å². The fraction of sp³-hybridized carbons (Fsp3) is 1.00. The molecule has 0 atom stereocenters. The summed E-state index contributed by atoms with van der Waals surface area (Å²) in [6, 6.07) is 0. The SMILES string of the molecule is CCCC(CC)(CC)CC[S]. The van der Waals surface area contributed by atoms with Crippen molar-refractivity contribution in [2.24, 2.45) is 5.41 Å². The van der Waals surface area contributed by atoms with Gasteiger partial charge in [0.25, 0.3) is 0 Å². The van der Waals surface area contributed by atoms with Gasteiger partial charge in [-0.25, -0.2) is 0 Å². The van der Waals surface area contributed by atoms with E-state index < -0.39 is 0 Å². The molecule has 0 aromatic rings. The number of rotatable bonds is 6. The first-order valence-electron chi connectivity index (χ1n) is 4.82. The minimum atomic E-state index is 0.580. The smallest absolute Gasteiger partial charge is 0.00422 e. The van der Waals surface area contributed by atoms with E-state index in [1.165, 1.54) is 32.1 Å². The molecule has 0 heterocycles. The van der Waals surface area contributed by atoms with E-state index in [9.17, 15) is 0 Å². The number of hydrogen-bond donors (Lipinski definition) is 0. The first-order valence-corrected chi connectivity index (χ1v) is 5.40. The zero-order valence-corrected chi connectivity index (χ0v) is 8.97. The van der Waals surface area contributed by atoms with E-state index in [2.05, 4.69) is 20.8 Å². The molecule has 0 N–H and O–H groups in total. The molecule has 0 aliphatic rings. The summed E-state index contributed by atoms with van der Waals surface area (Å²) < 4.78 is 0. The molecule has 0 aliphatic heterocycles. The maximum atomic E-state index is 5.05. The van der Waals surface area contributed by atoms with Gasteiger partial charge in [-0.2, -0.15) is 0 Å². The first kappa shape index (κ1) is 11.4. The van der Waals surface area contributed by atoms with Crippen molar-refractivity contribution >= 4 is 12.6 Å². The molecule has 0 saturated heterocycles. The van der Waals surface area contributed by atoms with Crippen LogP contribution in [0.2, 0.25) is 0 Å². The maximum Gasteiger partial charge on any atom is 0.00422 e. The topological polar surface area (TPSA) is 0 Å². The summed E-state index contributed by atoms with van der Waals surface area (Å²) in [6.07, 6.45) is 6.50. The van der Waals surface area contributed by atoms with Crippen molar-refractivity contribution in [1.82, 2.24) is 0 Å². The predicted molar refractivity (Wildman–Crippen MR) is 55.0 cm³/mol. The minimum absolute atomic E-state index is 0.580. The van der Waals surface area contributed by atoms with Crippen LogP contribution in [0.5, 0.6) is 0 Å². The van der Waals surface area contributed by atoms with Crippen LogP contribution in [-0.2, 0) is 0 Å². The molecule has 11 heavy (non-hydrogen) atoms. The van der Waals surface area contributed by atoms with Crippen molar-refractivity contribution in [3.63, 3.8) is 0 Å². The molecule has 0 unspecified atom stereocenters. The van der Waals surface area contributed by atoms with Crippen LogP contribution >= 0.6 is 12.6 Å². The van der Waals surface area contributed by atoms with Gasteiger partial charge in [0.2, 0.25) is 0 Å². The molecule has 1 heteroatoms. The summed E-state index contributed by atoms with van der Waals surface area (Å²) in [5.41, 5.74) is 0.580. The van der Waals surface area contributed by atoms with E-state index >= 15 is 0 Å². The highest BCUT2D eigenvalue weighted by Gasteiger charge is 2.23. The second-order valence-electron chi connectivity index (χ2n) is 3.41. The summed E-state index contributed by atoms with van der Waals surface area (Å²) in [7, 11) is 0. The Morgan fingerprint density at radius 3 is 1.82 bits per heavy atom. The number of hydrogen-bond acceptors (Lipinski definition) is 0. The Hall–Kier alpha value is 0.350. The highest BCUT2D eigenvalue weighted by atomic mass is 32.1. The molecule has 0 saturated carbocycles. The van der Waals surface area contributed by atoms with Crippen LogP contribution in [0.3, 0.4) is 0 Å². The van der Waals surface area contributed by atoms with Crippen LogP contribution in [-0.4, -0.2) is 5.75 Å². The molecule has 0 fully saturated rings. The van der Waals surface area contributed by atoms with Gasteiger partial charge >= 0.3 is 0 Å². The third-order valence-corrected chi connectivity index (χ3v) is 3.12. The van der Waals surface area contributed by atoms with Gasteiger partial charge in [-0.3, -0.25) is 0 Å². The van der Waals surface area contributed by atoms with E-state index in [0.717, 1.165) is 5.75 Å². The minimum Gasteiger partial charge on any atom is -0.0941 e. The summed E-state index contributed by atoms with van der Waals surface area (Å²) in [5, 5.41) is 0. The van der Waals surface area contributed by atoms with E-state index in [-0.39, 0.29) is 0 Å².